The molecule has 0 saturated carbocycles. The molecule has 0 unspecified atom stereocenters. The maximum Gasteiger partial charge on any atom is 0.387 e. The molecule has 5 nitrogen and oxygen atoms in total. The van der Waals surface area contributed by atoms with Crippen LogP contribution in [0.25, 0.3) is 11.1 Å². The molecule has 0 saturated heterocycles. The maximum absolute atomic E-state index is 12.3. The van der Waals surface area contributed by atoms with Crippen LogP contribution in [0.4, 0.5) is 8.78 Å². The van der Waals surface area contributed by atoms with E-state index in [4.69, 9.17) is 5.11 Å². The number of benzene rings is 2. The summed E-state index contributed by atoms with van der Waals surface area (Å²) in [5, 5.41) is 9.04. The minimum Gasteiger partial charge on any atom is -0.478 e. The van der Waals surface area contributed by atoms with Crippen molar-refractivity contribution in [3.05, 3.63) is 48.0 Å². The Morgan fingerprint density at radius 1 is 1.09 bits per heavy atom. The Bertz CT molecular complexity index is 829. The summed E-state index contributed by atoms with van der Waals surface area (Å²) >= 11 is 0. The van der Waals surface area contributed by atoms with Crippen LogP contribution in [0.1, 0.15) is 10.4 Å². The summed E-state index contributed by atoms with van der Waals surface area (Å²) in [5.74, 6) is -1.58. The summed E-state index contributed by atoms with van der Waals surface area (Å²) in [5.41, 5.74) is 0.575. The highest BCUT2D eigenvalue weighted by Gasteiger charge is 2.13. The number of carboxylic acid groups (broad SMARTS) is 1. The molecule has 8 heteroatoms. The van der Waals surface area contributed by atoms with Crippen molar-refractivity contribution in [3.8, 4) is 16.9 Å². The van der Waals surface area contributed by atoms with Crippen LogP contribution in [0, 0.1) is 0 Å². The predicted molar refractivity (Wildman–Crippen MR) is 78.6 cm³/mol. The molecule has 0 aliphatic heterocycles. The van der Waals surface area contributed by atoms with E-state index in [1.165, 1.54) is 36.4 Å². The molecule has 0 aliphatic rings. The van der Waals surface area contributed by atoms with Crippen LogP contribution in [-0.4, -0.2) is 32.4 Å². The van der Waals surface area contributed by atoms with Gasteiger partial charge in [0, 0.05) is 6.26 Å². The van der Waals surface area contributed by atoms with Crippen LogP contribution in [0.2, 0.25) is 0 Å². The van der Waals surface area contributed by atoms with Crippen LogP contribution in [-0.2, 0) is 9.84 Å². The van der Waals surface area contributed by atoms with E-state index in [9.17, 15) is 22.0 Å². The van der Waals surface area contributed by atoms with Crippen LogP contribution >= 0.6 is 0 Å². The van der Waals surface area contributed by atoms with Crippen molar-refractivity contribution in [1.82, 2.24) is 0 Å². The summed E-state index contributed by atoms with van der Waals surface area (Å²) in [6, 6.07) is 9.16. The average Bonchev–Trinajstić information content (AvgIpc) is 2.45. The predicted octanol–water partition coefficient (Wildman–Crippen LogP) is 3.06. The van der Waals surface area contributed by atoms with E-state index in [0.717, 1.165) is 12.3 Å². The molecule has 0 bridgehead atoms. The van der Waals surface area contributed by atoms with Crippen molar-refractivity contribution in [3.63, 3.8) is 0 Å². The number of sulfone groups is 1. The SMILES string of the molecule is CS(=O)(=O)c1ccc(-c2cc(OC(F)F)cc(C(=O)O)c2)cc1. The van der Waals surface area contributed by atoms with E-state index in [2.05, 4.69) is 4.74 Å². The largest absolute Gasteiger partial charge is 0.478 e. The summed E-state index contributed by atoms with van der Waals surface area (Å²) in [6.07, 6.45) is 1.06. The topological polar surface area (TPSA) is 80.7 Å². The van der Waals surface area contributed by atoms with Gasteiger partial charge in [0.15, 0.2) is 9.84 Å². The molecule has 0 radical (unpaired) electrons. The zero-order valence-electron chi connectivity index (χ0n) is 11.9. The molecule has 0 aliphatic carbocycles. The number of halogens is 2. The van der Waals surface area contributed by atoms with Crippen molar-refractivity contribution >= 4 is 15.8 Å². The second-order valence-electron chi connectivity index (χ2n) is 4.73. The molecule has 2 aromatic carbocycles. The van der Waals surface area contributed by atoms with Crippen molar-refractivity contribution < 1.29 is 31.8 Å². The lowest BCUT2D eigenvalue weighted by Crippen LogP contribution is -2.04. The lowest BCUT2D eigenvalue weighted by molar-refractivity contribution is -0.0498. The van der Waals surface area contributed by atoms with E-state index >= 15 is 0 Å². The Labute approximate surface area is 131 Å². The van der Waals surface area contributed by atoms with Gasteiger partial charge in [-0.1, -0.05) is 12.1 Å². The van der Waals surface area contributed by atoms with Gasteiger partial charge in [-0.05, 0) is 41.5 Å². The summed E-state index contributed by atoms with van der Waals surface area (Å²) in [4.78, 5) is 11.2. The molecule has 0 amide bonds. The van der Waals surface area contributed by atoms with Gasteiger partial charge in [-0.2, -0.15) is 8.78 Å². The molecule has 2 rings (SSSR count). The first-order valence-corrected chi connectivity index (χ1v) is 8.19. The first-order chi connectivity index (χ1) is 10.7. The normalized spacial score (nSPS) is 11.5. The quantitative estimate of drug-likeness (QED) is 0.903. The smallest absolute Gasteiger partial charge is 0.387 e. The highest BCUT2D eigenvalue weighted by molar-refractivity contribution is 7.90. The van der Waals surface area contributed by atoms with Crippen LogP contribution in [0.15, 0.2) is 47.4 Å². The summed E-state index contributed by atoms with van der Waals surface area (Å²) in [7, 11) is -3.37. The molecule has 0 atom stereocenters. The fourth-order valence-corrected chi connectivity index (χ4v) is 2.59. The Morgan fingerprint density at radius 3 is 2.17 bits per heavy atom. The van der Waals surface area contributed by atoms with Gasteiger partial charge in [0.05, 0.1) is 10.5 Å². The van der Waals surface area contributed by atoms with Gasteiger partial charge >= 0.3 is 12.6 Å². The van der Waals surface area contributed by atoms with Crippen molar-refractivity contribution in [2.24, 2.45) is 0 Å². The van der Waals surface area contributed by atoms with Gasteiger partial charge in [-0.25, -0.2) is 13.2 Å². The number of rotatable bonds is 5. The number of carboxylic acids is 1. The maximum atomic E-state index is 12.3. The van der Waals surface area contributed by atoms with Gasteiger partial charge in [0.1, 0.15) is 5.75 Å². The molecular weight excluding hydrogens is 330 g/mol. The van der Waals surface area contributed by atoms with Gasteiger partial charge in [0.25, 0.3) is 0 Å². The second-order valence-corrected chi connectivity index (χ2v) is 6.74. The Balaban J connectivity index is 2.49. The average molecular weight is 342 g/mol. The van der Waals surface area contributed by atoms with Gasteiger partial charge in [0.2, 0.25) is 0 Å². The van der Waals surface area contributed by atoms with E-state index in [-0.39, 0.29) is 16.2 Å². The van der Waals surface area contributed by atoms with E-state index in [1.807, 2.05) is 0 Å². The number of hydrogen-bond acceptors (Lipinski definition) is 4. The Kier molecular flexibility index (Phi) is 4.65. The monoisotopic (exact) mass is 342 g/mol. The number of carbonyl (C=O) groups is 1. The fraction of sp³-hybridized carbons (Fsp3) is 0.133. The lowest BCUT2D eigenvalue weighted by Gasteiger charge is -2.09. The van der Waals surface area contributed by atoms with Crippen molar-refractivity contribution in [1.29, 1.82) is 0 Å². The standard InChI is InChI=1S/C15H12F2O5S/c1-23(20,21)13-4-2-9(3-5-13)10-6-11(14(18)19)8-12(7-10)22-15(16)17/h2-8,15H,1H3,(H,18,19). The summed E-state index contributed by atoms with van der Waals surface area (Å²) in [6.45, 7) is -3.08. The van der Waals surface area contributed by atoms with Gasteiger partial charge in [-0.15, -0.1) is 0 Å². The lowest BCUT2D eigenvalue weighted by atomic mass is 10.0. The second kappa shape index (κ2) is 6.33. The number of hydrogen-bond donors (Lipinski definition) is 1. The number of alkyl halides is 2. The fourth-order valence-electron chi connectivity index (χ4n) is 1.95. The highest BCUT2D eigenvalue weighted by Crippen LogP contribution is 2.28. The molecule has 0 aromatic heterocycles. The van der Waals surface area contributed by atoms with Crippen LogP contribution in [0.3, 0.4) is 0 Å². The third-order valence-corrected chi connectivity index (χ3v) is 4.12. The highest BCUT2D eigenvalue weighted by atomic mass is 32.2. The Hall–Kier alpha value is -2.48. The van der Waals surface area contributed by atoms with Crippen LogP contribution in [0.5, 0.6) is 5.75 Å². The third kappa shape index (κ3) is 4.26. The number of ether oxygens (including phenoxy) is 1. The summed E-state index contributed by atoms with van der Waals surface area (Å²) < 4.78 is 51.8. The molecule has 2 aromatic rings. The first kappa shape index (κ1) is 16.9. The zero-order valence-corrected chi connectivity index (χ0v) is 12.7. The van der Waals surface area contributed by atoms with Crippen LogP contribution < -0.4 is 4.74 Å². The van der Waals surface area contributed by atoms with E-state index in [0.29, 0.717) is 11.1 Å². The van der Waals surface area contributed by atoms with Gasteiger partial charge < -0.3 is 9.84 Å². The third-order valence-electron chi connectivity index (χ3n) is 2.99. The minimum atomic E-state index is -3.37. The number of aromatic carboxylic acids is 1. The minimum absolute atomic E-state index is 0.0969. The molecule has 0 spiro atoms. The van der Waals surface area contributed by atoms with Gasteiger partial charge in [-0.3, -0.25) is 0 Å². The molecule has 23 heavy (non-hydrogen) atoms. The van der Waals surface area contributed by atoms with Crippen molar-refractivity contribution in [2.75, 3.05) is 6.26 Å². The molecular formula is C15H12F2O5S. The molecule has 1 N–H and O–H groups in total. The van der Waals surface area contributed by atoms with Crippen molar-refractivity contribution in [2.45, 2.75) is 11.5 Å². The van der Waals surface area contributed by atoms with E-state index in [1.54, 1.807) is 0 Å². The first-order valence-electron chi connectivity index (χ1n) is 6.30. The zero-order chi connectivity index (χ0) is 17.2. The van der Waals surface area contributed by atoms with E-state index < -0.39 is 22.4 Å². The molecule has 122 valence electrons. The molecule has 0 heterocycles. The Morgan fingerprint density at radius 2 is 1.70 bits per heavy atom. The molecule has 0 fully saturated rings.